The third kappa shape index (κ3) is 5.78. The molecule has 0 fully saturated rings. The molecule has 0 atom stereocenters. The van der Waals surface area contributed by atoms with Crippen molar-refractivity contribution in [1.29, 1.82) is 0 Å². The smallest absolute Gasteiger partial charge is 0.344 e. The van der Waals surface area contributed by atoms with Gasteiger partial charge in [-0.1, -0.05) is 36.0 Å². The summed E-state index contributed by atoms with van der Waals surface area (Å²) in [5.74, 6) is 0.0598. The summed E-state index contributed by atoms with van der Waals surface area (Å²) in [6, 6.07) is 22.0. The van der Waals surface area contributed by atoms with Crippen LogP contribution in [0, 0.1) is 0 Å². The third-order valence-electron chi connectivity index (χ3n) is 4.61. The molecule has 0 aliphatic heterocycles. The molecule has 1 aromatic heterocycles. The number of carbonyl (C=O) groups excluding carboxylic acids is 2. The number of hydrogen-bond acceptors (Lipinski definition) is 8. The van der Waals surface area contributed by atoms with Crippen molar-refractivity contribution in [2.75, 3.05) is 18.5 Å². The van der Waals surface area contributed by atoms with Crippen LogP contribution in [-0.2, 0) is 9.53 Å². The van der Waals surface area contributed by atoms with Crippen molar-refractivity contribution >= 4 is 29.3 Å². The van der Waals surface area contributed by atoms with Crippen molar-refractivity contribution < 1.29 is 19.1 Å². The number of aromatic nitrogens is 4. The number of para-hydroxylation sites is 1. The van der Waals surface area contributed by atoms with Gasteiger partial charge in [0, 0.05) is 21.0 Å². The Morgan fingerprint density at radius 2 is 1.76 bits per heavy atom. The number of rotatable bonds is 9. The van der Waals surface area contributed by atoms with Gasteiger partial charge in [-0.15, -0.1) is 5.10 Å². The van der Waals surface area contributed by atoms with E-state index >= 15 is 0 Å². The van der Waals surface area contributed by atoms with Gasteiger partial charge in [0.1, 0.15) is 5.75 Å². The van der Waals surface area contributed by atoms with Gasteiger partial charge in [-0.25, -0.2) is 9.89 Å². The molecule has 4 aromatic rings. The van der Waals surface area contributed by atoms with Gasteiger partial charge in [-0.05, 0) is 65.9 Å². The summed E-state index contributed by atoms with van der Waals surface area (Å²) >= 11 is 1.56. The van der Waals surface area contributed by atoms with E-state index in [2.05, 4.69) is 25.9 Å². The summed E-state index contributed by atoms with van der Waals surface area (Å²) in [6.45, 7) is 1.72. The summed E-state index contributed by atoms with van der Waals surface area (Å²) < 4.78 is 10.3. The van der Waals surface area contributed by atoms with Crippen LogP contribution in [-0.4, -0.2) is 45.7 Å². The van der Waals surface area contributed by atoms with Gasteiger partial charge in [0.25, 0.3) is 5.91 Å². The molecule has 1 heterocycles. The van der Waals surface area contributed by atoms with Crippen molar-refractivity contribution in [3.63, 3.8) is 0 Å². The van der Waals surface area contributed by atoms with Crippen LogP contribution < -0.4 is 10.1 Å². The molecule has 0 bridgehead atoms. The first kappa shape index (κ1) is 23.0. The number of anilines is 1. The number of esters is 1. The molecular formula is C24H21N5O4S. The fraction of sp³-hybridized carbons (Fsp3) is 0.125. The van der Waals surface area contributed by atoms with Gasteiger partial charge < -0.3 is 14.8 Å². The maximum atomic E-state index is 12.8. The monoisotopic (exact) mass is 475 g/mol. The molecule has 10 heteroatoms. The maximum Gasteiger partial charge on any atom is 0.344 e. The highest BCUT2D eigenvalue weighted by molar-refractivity contribution is 7.99. The van der Waals surface area contributed by atoms with E-state index in [9.17, 15) is 9.59 Å². The number of hydrogen-bond donors (Lipinski definition) is 2. The molecule has 0 aliphatic carbocycles. The lowest BCUT2D eigenvalue weighted by Crippen LogP contribution is -2.18. The predicted octanol–water partition coefficient (Wildman–Crippen LogP) is 4.21. The summed E-state index contributed by atoms with van der Waals surface area (Å²) in [5, 5.41) is 16.9. The Morgan fingerprint density at radius 3 is 2.53 bits per heavy atom. The Kier molecular flexibility index (Phi) is 7.51. The van der Waals surface area contributed by atoms with E-state index < -0.39 is 5.97 Å². The molecule has 34 heavy (non-hydrogen) atoms. The lowest BCUT2D eigenvalue weighted by atomic mass is 10.2. The molecule has 0 aliphatic rings. The Hall–Kier alpha value is -4.18. The second-order valence-corrected chi connectivity index (χ2v) is 8.03. The van der Waals surface area contributed by atoms with Crippen molar-refractivity contribution in [1.82, 2.24) is 20.6 Å². The molecule has 3 aromatic carbocycles. The van der Waals surface area contributed by atoms with Crippen molar-refractivity contribution in [3.8, 4) is 17.1 Å². The molecule has 0 radical (unpaired) electrons. The van der Waals surface area contributed by atoms with Crippen LogP contribution in [0.15, 0.2) is 82.6 Å². The van der Waals surface area contributed by atoms with Gasteiger partial charge in [0.05, 0.1) is 12.2 Å². The number of nitrogens with one attached hydrogen (secondary N) is 2. The standard InChI is InChI=1S/C24H21N5O4S/c1-2-32-22(30)15-33-20-9-5-3-7-18(20)24(31)25-16-11-13-17(14-12-16)34-21-10-6-4-8-19(21)23-26-28-29-27-23/h3-14H,2,15H2,1H3,(H,25,31)(H,26,27,28,29). The number of benzene rings is 3. The normalized spacial score (nSPS) is 10.5. The lowest BCUT2D eigenvalue weighted by molar-refractivity contribution is -0.145. The summed E-state index contributed by atoms with van der Waals surface area (Å²) in [6.07, 6.45) is 0. The zero-order chi connectivity index (χ0) is 23.8. The lowest BCUT2D eigenvalue weighted by Gasteiger charge is -2.12. The van der Waals surface area contributed by atoms with Crippen LogP contribution in [0.1, 0.15) is 17.3 Å². The number of ether oxygens (including phenoxy) is 2. The summed E-state index contributed by atoms with van der Waals surface area (Å²) in [5.41, 5.74) is 1.84. The van der Waals surface area contributed by atoms with E-state index in [1.165, 1.54) is 0 Å². The average Bonchev–Trinajstić information content (AvgIpc) is 3.39. The zero-order valence-electron chi connectivity index (χ0n) is 18.2. The van der Waals surface area contributed by atoms with Gasteiger partial charge in [-0.3, -0.25) is 4.79 Å². The molecule has 0 spiro atoms. The highest BCUT2D eigenvalue weighted by Crippen LogP contribution is 2.34. The Balaban J connectivity index is 1.42. The quantitative estimate of drug-likeness (QED) is 0.346. The number of tetrazole rings is 1. The van der Waals surface area contributed by atoms with Crippen LogP contribution in [0.5, 0.6) is 5.75 Å². The second-order valence-electron chi connectivity index (χ2n) is 6.92. The zero-order valence-corrected chi connectivity index (χ0v) is 19.0. The fourth-order valence-corrected chi connectivity index (χ4v) is 4.02. The van der Waals surface area contributed by atoms with Crippen LogP contribution in [0.25, 0.3) is 11.4 Å². The average molecular weight is 476 g/mol. The largest absolute Gasteiger partial charge is 0.481 e. The van der Waals surface area contributed by atoms with E-state index in [0.29, 0.717) is 22.8 Å². The SMILES string of the molecule is CCOC(=O)COc1ccccc1C(=O)Nc1ccc(Sc2ccccc2-c2nnn[nH]2)cc1. The van der Waals surface area contributed by atoms with Gasteiger partial charge in [-0.2, -0.15) is 0 Å². The van der Waals surface area contributed by atoms with Crippen LogP contribution in [0.3, 0.4) is 0 Å². The molecule has 0 saturated heterocycles. The highest BCUT2D eigenvalue weighted by atomic mass is 32.2. The molecule has 0 unspecified atom stereocenters. The Morgan fingerprint density at radius 1 is 1.00 bits per heavy atom. The first-order chi connectivity index (χ1) is 16.6. The Labute approximate surface area is 199 Å². The molecule has 0 saturated carbocycles. The summed E-state index contributed by atoms with van der Waals surface area (Å²) in [7, 11) is 0. The van der Waals surface area contributed by atoms with Gasteiger partial charge >= 0.3 is 5.97 Å². The van der Waals surface area contributed by atoms with E-state index in [1.807, 2.05) is 48.5 Å². The van der Waals surface area contributed by atoms with E-state index in [-0.39, 0.29) is 19.1 Å². The molecular weight excluding hydrogens is 454 g/mol. The first-order valence-corrected chi connectivity index (χ1v) is 11.3. The minimum absolute atomic E-state index is 0.265. The van der Waals surface area contributed by atoms with E-state index in [1.54, 1.807) is 43.0 Å². The first-order valence-electron chi connectivity index (χ1n) is 10.4. The molecule has 1 amide bonds. The minimum Gasteiger partial charge on any atom is -0.481 e. The number of aromatic amines is 1. The predicted molar refractivity (Wildman–Crippen MR) is 127 cm³/mol. The third-order valence-corrected chi connectivity index (χ3v) is 5.69. The number of amides is 1. The van der Waals surface area contributed by atoms with Crippen molar-refractivity contribution in [2.24, 2.45) is 0 Å². The minimum atomic E-state index is -0.494. The topological polar surface area (TPSA) is 119 Å². The maximum absolute atomic E-state index is 12.8. The molecule has 9 nitrogen and oxygen atoms in total. The fourth-order valence-electron chi connectivity index (χ4n) is 3.08. The van der Waals surface area contributed by atoms with Gasteiger partial charge in [0.15, 0.2) is 12.4 Å². The summed E-state index contributed by atoms with van der Waals surface area (Å²) in [4.78, 5) is 26.4. The highest BCUT2D eigenvalue weighted by Gasteiger charge is 2.14. The van der Waals surface area contributed by atoms with Gasteiger partial charge in [0.2, 0.25) is 0 Å². The molecule has 4 rings (SSSR count). The number of H-pyrrole nitrogens is 1. The molecule has 2 N–H and O–H groups in total. The van der Waals surface area contributed by atoms with Crippen molar-refractivity contribution in [2.45, 2.75) is 16.7 Å². The Bertz CT molecular complexity index is 1260. The van der Waals surface area contributed by atoms with Crippen LogP contribution in [0.2, 0.25) is 0 Å². The van der Waals surface area contributed by atoms with Crippen LogP contribution in [0.4, 0.5) is 5.69 Å². The molecule has 172 valence electrons. The number of carbonyl (C=O) groups is 2. The van der Waals surface area contributed by atoms with Crippen molar-refractivity contribution in [3.05, 3.63) is 78.4 Å². The van der Waals surface area contributed by atoms with E-state index in [4.69, 9.17) is 9.47 Å². The van der Waals surface area contributed by atoms with E-state index in [0.717, 1.165) is 15.4 Å². The second kappa shape index (κ2) is 11.1. The van der Waals surface area contributed by atoms with Crippen LogP contribution >= 0.6 is 11.8 Å². The number of nitrogens with zero attached hydrogens (tertiary/aromatic N) is 3.